The molecule has 60 valence electrons. The van der Waals surface area contributed by atoms with Gasteiger partial charge in [0.1, 0.15) is 0 Å². The van der Waals surface area contributed by atoms with E-state index in [1.165, 1.54) is 0 Å². The second kappa shape index (κ2) is 4.47. The van der Waals surface area contributed by atoms with Crippen molar-refractivity contribution in [3.63, 3.8) is 0 Å². The van der Waals surface area contributed by atoms with E-state index in [0.29, 0.717) is 0 Å². The van der Waals surface area contributed by atoms with Gasteiger partial charge in [0.15, 0.2) is 0 Å². The zero-order valence-corrected chi connectivity index (χ0v) is 7.52. The lowest BCUT2D eigenvalue weighted by molar-refractivity contribution is -0.864. The highest BCUT2D eigenvalue weighted by atomic mass is 15.3. The van der Waals surface area contributed by atoms with Gasteiger partial charge in [0, 0.05) is 6.54 Å². The van der Waals surface area contributed by atoms with E-state index in [1.807, 2.05) is 7.05 Å². The molecule has 0 bridgehead atoms. The molecule has 0 spiro atoms. The molecule has 0 aromatic heterocycles. The Kier molecular flexibility index (Phi) is 4.32. The Morgan fingerprint density at radius 1 is 1.20 bits per heavy atom. The van der Waals surface area contributed by atoms with Crippen molar-refractivity contribution < 1.29 is 4.48 Å². The van der Waals surface area contributed by atoms with E-state index in [-0.39, 0.29) is 0 Å². The Balaban J connectivity index is 3.34. The molecule has 0 amide bonds. The van der Waals surface area contributed by atoms with E-state index < -0.39 is 0 Å². The second-order valence-corrected chi connectivity index (χ2v) is 3.50. The van der Waals surface area contributed by atoms with Crippen LogP contribution in [0.2, 0.25) is 0 Å². The predicted octanol–water partition coefficient (Wildman–Crippen LogP) is 0.468. The molecular formula is C8H19N2+. The van der Waals surface area contributed by atoms with Crippen LogP contribution in [0.4, 0.5) is 0 Å². The minimum Gasteiger partial charge on any atom is -0.328 e. The van der Waals surface area contributed by atoms with Gasteiger partial charge in [-0.15, -0.1) is 0 Å². The van der Waals surface area contributed by atoms with Gasteiger partial charge in [-0.1, -0.05) is 6.08 Å². The van der Waals surface area contributed by atoms with Crippen molar-refractivity contribution in [1.29, 1.82) is 0 Å². The van der Waals surface area contributed by atoms with E-state index in [0.717, 1.165) is 17.6 Å². The molecule has 1 N–H and O–H groups in total. The summed E-state index contributed by atoms with van der Waals surface area (Å²) >= 11 is 0. The molecule has 2 heteroatoms. The molecule has 0 rings (SSSR count). The Morgan fingerprint density at radius 2 is 1.80 bits per heavy atom. The van der Waals surface area contributed by atoms with Gasteiger partial charge in [-0.2, -0.15) is 0 Å². The smallest absolute Gasteiger partial charge is 0.0968 e. The van der Waals surface area contributed by atoms with Crippen LogP contribution < -0.4 is 5.32 Å². The van der Waals surface area contributed by atoms with Gasteiger partial charge < -0.3 is 9.80 Å². The third-order valence-electron chi connectivity index (χ3n) is 1.14. The van der Waals surface area contributed by atoms with Crippen LogP contribution in [-0.4, -0.2) is 45.8 Å². The molecule has 0 atom stereocenters. The van der Waals surface area contributed by atoms with E-state index in [1.54, 1.807) is 0 Å². The fourth-order valence-corrected chi connectivity index (χ4v) is 0.592. The minimum absolute atomic E-state index is 0.972. The largest absolute Gasteiger partial charge is 0.328 e. The molecule has 0 fully saturated rings. The summed E-state index contributed by atoms with van der Waals surface area (Å²) in [5.74, 6) is 0. The van der Waals surface area contributed by atoms with Crippen LogP contribution in [-0.2, 0) is 0 Å². The van der Waals surface area contributed by atoms with Gasteiger partial charge in [0.25, 0.3) is 0 Å². The van der Waals surface area contributed by atoms with Crippen molar-refractivity contribution in [1.82, 2.24) is 5.32 Å². The summed E-state index contributed by atoms with van der Waals surface area (Å²) in [6, 6.07) is 0. The average Bonchev–Trinajstić information content (AvgIpc) is 1.78. The summed E-state index contributed by atoms with van der Waals surface area (Å²) in [6.45, 7) is 2.07. The van der Waals surface area contributed by atoms with E-state index in [4.69, 9.17) is 0 Å². The summed E-state index contributed by atoms with van der Waals surface area (Å²) < 4.78 is 1.00. The normalized spacial score (nSPS) is 12.8. The van der Waals surface area contributed by atoms with E-state index >= 15 is 0 Å². The molecule has 2 nitrogen and oxygen atoms in total. The Labute approximate surface area is 64.1 Å². The van der Waals surface area contributed by atoms with Gasteiger partial charge in [0.2, 0.25) is 0 Å². The Morgan fingerprint density at radius 3 is 2.20 bits per heavy atom. The molecule has 10 heavy (non-hydrogen) atoms. The van der Waals surface area contributed by atoms with Crippen molar-refractivity contribution in [3.05, 3.63) is 12.2 Å². The maximum atomic E-state index is 3.06. The van der Waals surface area contributed by atoms with Gasteiger partial charge in [-0.05, 0) is 13.1 Å². The summed E-state index contributed by atoms with van der Waals surface area (Å²) in [5.41, 5.74) is 0. The van der Waals surface area contributed by atoms with Crippen molar-refractivity contribution in [3.8, 4) is 0 Å². The Bertz CT molecular complexity index is 100. The number of nitrogens with zero attached hydrogens (tertiary/aromatic N) is 1. The molecule has 0 saturated carbocycles. The summed E-state index contributed by atoms with van der Waals surface area (Å²) in [7, 11) is 8.51. The fraction of sp³-hybridized carbons (Fsp3) is 0.750. The number of hydrogen-bond donors (Lipinski definition) is 1. The van der Waals surface area contributed by atoms with Crippen molar-refractivity contribution in [2.24, 2.45) is 0 Å². The van der Waals surface area contributed by atoms with Crippen LogP contribution in [0.5, 0.6) is 0 Å². The molecule has 0 aliphatic rings. The number of likely N-dealkylation sites (N-methyl/N-ethyl adjacent to an activating group) is 2. The van der Waals surface area contributed by atoms with Crippen LogP contribution in [0.1, 0.15) is 0 Å². The lowest BCUT2D eigenvalue weighted by atomic mass is 10.4. The van der Waals surface area contributed by atoms with Gasteiger partial charge in [-0.25, -0.2) is 0 Å². The summed E-state index contributed by atoms with van der Waals surface area (Å²) in [5, 5.41) is 3.06. The van der Waals surface area contributed by atoms with E-state index in [2.05, 4.69) is 38.6 Å². The third-order valence-corrected chi connectivity index (χ3v) is 1.14. The number of quaternary nitrogens is 1. The summed E-state index contributed by atoms with van der Waals surface area (Å²) in [4.78, 5) is 0. The predicted molar refractivity (Wildman–Crippen MR) is 46.0 cm³/mol. The topological polar surface area (TPSA) is 12.0 Å². The highest BCUT2D eigenvalue weighted by Gasteiger charge is 2.00. The molecule has 0 radical (unpaired) electrons. The Hall–Kier alpha value is -0.340. The first-order chi connectivity index (χ1) is 4.56. The average molecular weight is 143 g/mol. The molecular weight excluding hydrogens is 124 g/mol. The minimum atomic E-state index is 0.972. The zero-order chi connectivity index (χ0) is 8.04. The van der Waals surface area contributed by atoms with Crippen LogP contribution in [0, 0.1) is 0 Å². The van der Waals surface area contributed by atoms with Gasteiger partial charge in [-0.3, -0.25) is 0 Å². The highest BCUT2D eigenvalue weighted by Crippen LogP contribution is 1.88. The lowest BCUT2D eigenvalue weighted by Gasteiger charge is -2.21. The molecule has 0 saturated heterocycles. The molecule has 0 unspecified atom stereocenters. The quantitative estimate of drug-likeness (QED) is 0.445. The second-order valence-electron chi connectivity index (χ2n) is 3.50. The molecule has 0 aliphatic carbocycles. The number of hydrogen-bond acceptors (Lipinski definition) is 1. The van der Waals surface area contributed by atoms with Crippen LogP contribution >= 0.6 is 0 Å². The lowest BCUT2D eigenvalue weighted by Crippen LogP contribution is -2.34. The molecule has 0 heterocycles. The summed E-state index contributed by atoms with van der Waals surface area (Å²) in [6.07, 6.45) is 4.36. The molecule has 0 aromatic rings. The van der Waals surface area contributed by atoms with Gasteiger partial charge in [0.05, 0.1) is 27.7 Å². The first kappa shape index (κ1) is 9.66. The third kappa shape index (κ3) is 7.66. The fourth-order valence-electron chi connectivity index (χ4n) is 0.592. The standard InChI is InChI=1S/C8H19N2/c1-9-7-5-6-8-10(2,3)4/h5-6,9H,7-8H2,1-4H3/q+1/b6-5+. The monoisotopic (exact) mass is 143 g/mol. The van der Waals surface area contributed by atoms with E-state index in [9.17, 15) is 0 Å². The molecule has 0 aromatic carbocycles. The maximum Gasteiger partial charge on any atom is 0.0968 e. The van der Waals surface area contributed by atoms with Crippen LogP contribution in [0.25, 0.3) is 0 Å². The van der Waals surface area contributed by atoms with Crippen LogP contribution in [0.3, 0.4) is 0 Å². The first-order valence-corrected chi connectivity index (χ1v) is 3.66. The van der Waals surface area contributed by atoms with Crippen molar-refractivity contribution in [2.45, 2.75) is 0 Å². The molecule has 0 aliphatic heterocycles. The highest BCUT2D eigenvalue weighted by molar-refractivity contribution is 4.82. The zero-order valence-electron chi connectivity index (χ0n) is 7.52. The maximum absolute atomic E-state index is 3.06. The number of nitrogens with one attached hydrogen (secondary N) is 1. The SMILES string of the molecule is CNC/C=C/C[N+](C)(C)C. The first-order valence-electron chi connectivity index (χ1n) is 3.66. The van der Waals surface area contributed by atoms with Crippen molar-refractivity contribution >= 4 is 0 Å². The van der Waals surface area contributed by atoms with Crippen molar-refractivity contribution in [2.75, 3.05) is 41.3 Å². The van der Waals surface area contributed by atoms with Crippen LogP contribution in [0.15, 0.2) is 12.2 Å². The number of rotatable bonds is 4. The van der Waals surface area contributed by atoms with Gasteiger partial charge >= 0.3 is 0 Å².